The van der Waals surface area contributed by atoms with Crippen LogP contribution in [0.15, 0.2) is 18.2 Å². The van der Waals surface area contributed by atoms with Crippen LogP contribution in [-0.4, -0.2) is 29.6 Å². The van der Waals surface area contributed by atoms with Crippen molar-refractivity contribution in [2.45, 2.75) is 44.6 Å². The minimum atomic E-state index is -1.16. The van der Waals surface area contributed by atoms with Crippen molar-refractivity contribution in [1.29, 1.82) is 0 Å². The van der Waals surface area contributed by atoms with Crippen LogP contribution in [0.25, 0.3) is 0 Å². The summed E-state index contributed by atoms with van der Waals surface area (Å²) in [6.07, 6.45) is 2.55. The minimum Gasteiger partial charge on any atom is -0.496 e. The number of benzene rings is 1. The van der Waals surface area contributed by atoms with Crippen molar-refractivity contribution < 1.29 is 19.4 Å². The van der Waals surface area contributed by atoms with Gasteiger partial charge in [-0.2, -0.15) is 0 Å². The second-order valence-electron chi connectivity index (χ2n) is 6.25. The van der Waals surface area contributed by atoms with Crippen molar-refractivity contribution in [3.05, 3.63) is 28.8 Å². The lowest BCUT2D eigenvalue weighted by Gasteiger charge is -2.36. The van der Waals surface area contributed by atoms with Gasteiger partial charge in [0.2, 0.25) is 5.91 Å². The number of hydrogen-bond donors (Lipinski definition) is 2. The third kappa shape index (κ3) is 4.16. The maximum atomic E-state index is 12.4. The zero-order valence-corrected chi connectivity index (χ0v) is 14.2. The number of aliphatic carboxylic acids is 1. The SMILES string of the molecule is COc1ccc(Cl)cc1CC(=O)NC1(C(=O)O)CCC(C)CC1. The monoisotopic (exact) mass is 339 g/mol. The number of halogens is 1. The number of ether oxygens (including phenoxy) is 1. The molecule has 1 aromatic carbocycles. The summed E-state index contributed by atoms with van der Waals surface area (Å²) in [6, 6.07) is 5.04. The Balaban J connectivity index is 2.11. The molecule has 0 saturated heterocycles. The van der Waals surface area contributed by atoms with Gasteiger partial charge in [-0.1, -0.05) is 18.5 Å². The third-order valence-electron chi connectivity index (χ3n) is 4.51. The number of carboxylic acid groups (broad SMARTS) is 1. The summed E-state index contributed by atoms with van der Waals surface area (Å²) >= 11 is 5.96. The van der Waals surface area contributed by atoms with Crippen LogP contribution in [0.4, 0.5) is 0 Å². The first-order valence-electron chi connectivity index (χ1n) is 7.73. The van der Waals surface area contributed by atoms with Crippen molar-refractivity contribution in [3.8, 4) is 5.75 Å². The number of methoxy groups -OCH3 is 1. The Kier molecular flexibility index (Phi) is 5.52. The number of nitrogens with one attached hydrogen (secondary N) is 1. The van der Waals surface area contributed by atoms with Gasteiger partial charge in [0.05, 0.1) is 13.5 Å². The van der Waals surface area contributed by atoms with Crippen molar-refractivity contribution >= 4 is 23.5 Å². The Bertz CT molecular complexity index is 594. The fourth-order valence-corrected chi connectivity index (χ4v) is 3.21. The Morgan fingerprint density at radius 3 is 2.61 bits per heavy atom. The standard InChI is InChI=1S/C17H22ClNO4/c1-11-5-7-17(8-6-11,16(21)22)19-15(20)10-12-9-13(18)3-4-14(12)23-2/h3-4,9,11H,5-8,10H2,1-2H3,(H,19,20)(H,21,22). The molecule has 1 fully saturated rings. The Hall–Kier alpha value is -1.75. The first kappa shape index (κ1) is 17.6. The molecule has 126 valence electrons. The van der Waals surface area contributed by atoms with Gasteiger partial charge in [0.15, 0.2) is 0 Å². The van der Waals surface area contributed by atoms with Crippen molar-refractivity contribution in [2.24, 2.45) is 5.92 Å². The molecule has 2 rings (SSSR count). The van der Waals surface area contributed by atoms with Gasteiger partial charge >= 0.3 is 5.97 Å². The van der Waals surface area contributed by atoms with E-state index in [9.17, 15) is 14.7 Å². The van der Waals surface area contributed by atoms with Crippen LogP contribution in [0, 0.1) is 5.92 Å². The van der Waals surface area contributed by atoms with E-state index < -0.39 is 11.5 Å². The zero-order valence-electron chi connectivity index (χ0n) is 13.4. The van der Waals surface area contributed by atoms with Gasteiger partial charge in [-0.3, -0.25) is 4.79 Å². The fraction of sp³-hybridized carbons (Fsp3) is 0.529. The van der Waals surface area contributed by atoms with Gasteiger partial charge in [0, 0.05) is 10.6 Å². The Morgan fingerprint density at radius 2 is 2.04 bits per heavy atom. The quantitative estimate of drug-likeness (QED) is 0.864. The summed E-state index contributed by atoms with van der Waals surface area (Å²) in [6.45, 7) is 2.10. The molecule has 2 N–H and O–H groups in total. The number of rotatable bonds is 5. The Labute approximate surface area is 141 Å². The first-order valence-corrected chi connectivity index (χ1v) is 8.11. The average Bonchev–Trinajstić information content (AvgIpc) is 2.50. The summed E-state index contributed by atoms with van der Waals surface area (Å²) in [7, 11) is 1.52. The maximum absolute atomic E-state index is 12.4. The van der Waals surface area contributed by atoms with E-state index in [1.54, 1.807) is 18.2 Å². The average molecular weight is 340 g/mol. The highest BCUT2D eigenvalue weighted by Gasteiger charge is 2.42. The largest absolute Gasteiger partial charge is 0.496 e. The molecule has 23 heavy (non-hydrogen) atoms. The molecule has 0 atom stereocenters. The summed E-state index contributed by atoms with van der Waals surface area (Å²) in [5, 5.41) is 12.8. The highest BCUT2D eigenvalue weighted by Crippen LogP contribution is 2.32. The highest BCUT2D eigenvalue weighted by molar-refractivity contribution is 6.30. The minimum absolute atomic E-state index is 0.0360. The van der Waals surface area contributed by atoms with Crippen LogP contribution < -0.4 is 10.1 Å². The molecule has 0 unspecified atom stereocenters. The molecule has 0 heterocycles. The van der Waals surface area contributed by atoms with Crippen LogP contribution >= 0.6 is 11.6 Å². The van der Waals surface area contributed by atoms with E-state index in [1.165, 1.54) is 7.11 Å². The van der Waals surface area contributed by atoms with Gasteiger partial charge in [0.1, 0.15) is 11.3 Å². The van der Waals surface area contributed by atoms with Crippen molar-refractivity contribution in [2.75, 3.05) is 7.11 Å². The summed E-state index contributed by atoms with van der Waals surface area (Å²) in [4.78, 5) is 24.1. The zero-order chi connectivity index (χ0) is 17.0. The maximum Gasteiger partial charge on any atom is 0.329 e. The van der Waals surface area contributed by atoms with E-state index in [2.05, 4.69) is 12.2 Å². The van der Waals surface area contributed by atoms with Crippen LogP contribution in [-0.2, 0) is 16.0 Å². The molecule has 0 radical (unpaired) electrons. The molecular weight excluding hydrogens is 318 g/mol. The molecule has 0 spiro atoms. The first-order chi connectivity index (χ1) is 10.9. The second kappa shape index (κ2) is 7.21. The van der Waals surface area contributed by atoms with Crippen LogP contribution in [0.3, 0.4) is 0 Å². The van der Waals surface area contributed by atoms with Gasteiger partial charge in [-0.15, -0.1) is 0 Å². The van der Waals surface area contributed by atoms with E-state index in [1.807, 2.05) is 0 Å². The second-order valence-corrected chi connectivity index (χ2v) is 6.69. The summed E-state index contributed by atoms with van der Waals surface area (Å²) in [5.74, 6) is -0.239. The van der Waals surface area contributed by atoms with Crippen LogP contribution in [0.1, 0.15) is 38.2 Å². The third-order valence-corrected chi connectivity index (χ3v) is 4.74. The van der Waals surface area contributed by atoms with E-state index in [0.29, 0.717) is 35.1 Å². The molecule has 5 nitrogen and oxygen atoms in total. The number of carbonyl (C=O) groups is 2. The lowest BCUT2D eigenvalue weighted by Crippen LogP contribution is -2.56. The lowest BCUT2D eigenvalue weighted by molar-refractivity contribution is -0.149. The number of carboxylic acids is 1. The smallest absolute Gasteiger partial charge is 0.329 e. The van der Waals surface area contributed by atoms with Gasteiger partial charge in [-0.25, -0.2) is 4.79 Å². The number of hydrogen-bond acceptors (Lipinski definition) is 3. The van der Waals surface area contributed by atoms with Crippen LogP contribution in [0.5, 0.6) is 5.75 Å². The van der Waals surface area contributed by atoms with E-state index in [-0.39, 0.29) is 12.3 Å². The predicted octanol–water partition coefficient (Wildman–Crippen LogP) is 3.04. The lowest BCUT2D eigenvalue weighted by atomic mass is 9.77. The molecule has 1 saturated carbocycles. The molecular formula is C17H22ClNO4. The molecule has 6 heteroatoms. The highest BCUT2D eigenvalue weighted by atomic mass is 35.5. The Morgan fingerprint density at radius 1 is 1.39 bits per heavy atom. The molecule has 1 aliphatic rings. The topological polar surface area (TPSA) is 75.6 Å². The fourth-order valence-electron chi connectivity index (χ4n) is 3.02. The molecule has 0 aliphatic heterocycles. The normalized spacial score (nSPS) is 24.0. The van der Waals surface area contributed by atoms with E-state index >= 15 is 0 Å². The van der Waals surface area contributed by atoms with Gasteiger partial charge < -0.3 is 15.2 Å². The number of carbonyl (C=O) groups excluding carboxylic acids is 1. The predicted molar refractivity (Wildman–Crippen MR) is 87.8 cm³/mol. The summed E-state index contributed by atoms with van der Waals surface area (Å²) < 4.78 is 5.22. The molecule has 1 amide bonds. The number of amides is 1. The molecule has 1 aliphatic carbocycles. The van der Waals surface area contributed by atoms with Crippen LogP contribution in [0.2, 0.25) is 5.02 Å². The molecule has 0 aromatic heterocycles. The summed E-state index contributed by atoms with van der Waals surface area (Å²) in [5.41, 5.74) is -0.516. The molecule has 1 aromatic rings. The van der Waals surface area contributed by atoms with Gasteiger partial charge in [0.25, 0.3) is 0 Å². The van der Waals surface area contributed by atoms with E-state index in [4.69, 9.17) is 16.3 Å². The van der Waals surface area contributed by atoms with Gasteiger partial charge in [-0.05, 0) is 49.8 Å². The molecule has 0 bridgehead atoms. The van der Waals surface area contributed by atoms with E-state index in [0.717, 1.165) is 12.8 Å². The van der Waals surface area contributed by atoms with Crippen molar-refractivity contribution in [3.63, 3.8) is 0 Å². The van der Waals surface area contributed by atoms with Crippen molar-refractivity contribution in [1.82, 2.24) is 5.32 Å².